The Balaban J connectivity index is 2.58. The highest BCUT2D eigenvalue weighted by Crippen LogP contribution is 2.10. The molecule has 0 aliphatic rings. The van der Waals surface area contributed by atoms with E-state index in [-0.39, 0.29) is 0 Å². The van der Waals surface area contributed by atoms with Crippen molar-refractivity contribution < 1.29 is 9.59 Å². The van der Waals surface area contributed by atoms with Crippen LogP contribution in [-0.4, -0.2) is 25.0 Å². The molecule has 3 N–H and O–H groups in total. The van der Waals surface area contributed by atoms with Crippen molar-refractivity contribution in [3.05, 3.63) is 29.8 Å². The van der Waals surface area contributed by atoms with Crippen molar-refractivity contribution in [2.45, 2.75) is 13.0 Å². The molecule has 1 aromatic carbocycles. The van der Waals surface area contributed by atoms with Crippen LogP contribution in [0.2, 0.25) is 0 Å². The van der Waals surface area contributed by atoms with Crippen LogP contribution in [0.4, 0.5) is 10.5 Å². The zero-order valence-electron chi connectivity index (χ0n) is 10.2. The number of urea groups is 1. The topological polar surface area (TPSA) is 94.0 Å². The Morgan fingerprint density at radius 2 is 1.89 bits per heavy atom. The van der Waals surface area contributed by atoms with Gasteiger partial charge in [0.1, 0.15) is 6.04 Å². The van der Waals surface area contributed by atoms with E-state index in [9.17, 15) is 9.59 Å². The van der Waals surface area contributed by atoms with Gasteiger partial charge in [0.15, 0.2) is 0 Å². The molecule has 0 aliphatic carbocycles. The number of nitrogens with one attached hydrogen (secondary N) is 3. The molecule has 0 radical (unpaired) electrons. The second kappa shape index (κ2) is 6.25. The van der Waals surface area contributed by atoms with Gasteiger partial charge in [-0.15, -0.1) is 0 Å². The quantitative estimate of drug-likeness (QED) is 0.735. The summed E-state index contributed by atoms with van der Waals surface area (Å²) in [5, 5.41) is 16.0. The number of carbonyl (C=O) groups excluding carboxylic acids is 2. The molecule has 0 saturated carbocycles. The summed E-state index contributed by atoms with van der Waals surface area (Å²) < 4.78 is 0. The molecule has 0 saturated heterocycles. The van der Waals surface area contributed by atoms with E-state index in [0.29, 0.717) is 11.3 Å². The van der Waals surface area contributed by atoms with Gasteiger partial charge in [0.2, 0.25) is 5.91 Å². The lowest BCUT2D eigenvalue weighted by atomic mass is 10.2. The van der Waals surface area contributed by atoms with Crippen molar-refractivity contribution in [3.63, 3.8) is 0 Å². The van der Waals surface area contributed by atoms with Crippen molar-refractivity contribution in [1.82, 2.24) is 10.6 Å². The van der Waals surface area contributed by atoms with Gasteiger partial charge in [-0.25, -0.2) is 4.79 Å². The number of benzene rings is 1. The van der Waals surface area contributed by atoms with Gasteiger partial charge in [-0.3, -0.25) is 10.1 Å². The maximum atomic E-state index is 11.6. The summed E-state index contributed by atoms with van der Waals surface area (Å²) in [7, 11) is 1.43. The standard InChI is InChI=1S/C12H14N4O2/c1-8(11(17)16-12(18)14-2)15-10-5-3-9(7-13)4-6-10/h3-6,8,15H,1-2H3,(H2,14,16,17,18). The number of hydrogen-bond donors (Lipinski definition) is 3. The van der Waals surface area contributed by atoms with E-state index in [1.165, 1.54) is 7.05 Å². The fourth-order valence-corrected chi connectivity index (χ4v) is 1.24. The lowest BCUT2D eigenvalue weighted by Crippen LogP contribution is -2.44. The average molecular weight is 246 g/mol. The molecule has 0 aliphatic heterocycles. The van der Waals surface area contributed by atoms with Gasteiger partial charge in [0.25, 0.3) is 0 Å². The van der Waals surface area contributed by atoms with Crippen LogP contribution in [0.1, 0.15) is 12.5 Å². The fourth-order valence-electron chi connectivity index (χ4n) is 1.24. The highest BCUT2D eigenvalue weighted by atomic mass is 16.2. The van der Waals surface area contributed by atoms with Crippen molar-refractivity contribution in [2.75, 3.05) is 12.4 Å². The van der Waals surface area contributed by atoms with Crippen LogP contribution >= 0.6 is 0 Å². The van der Waals surface area contributed by atoms with E-state index in [0.717, 1.165) is 0 Å². The number of amides is 3. The number of nitrogens with zero attached hydrogens (tertiary/aromatic N) is 1. The first-order valence-electron chi connectivity index (χ1n) is 5.36. The molecule has 0 fully saturated rings. The Hall–Kier alpha value is -2.55. The maximum Gasteiger partial charge on any atom is 0.321 e. The van der Waals surface area contributed by atoms with Crippen LogP contribution in [0.25, 0.3) is 0 Å². The minimum atomic E-state index is -0.560. The molecule has 6 nitrogen and oxygen atoms in total. The molecule has 1 atom stereocenters. The van der Waals surface area contributed by atoms with Crippen LogP contribution in [0, 0.1) is 11.3 Å². The SMILES string of the molecule is CNC(=O)NC(=O)C(C)Nc1ccc(C#N)cc1. The third-order valence-corrected chi connectivity index (χ3v) is 2.25. The van der Waals surface area contributed by atoms with Crippen molar-refractivity contribution >= 4 is 17.6 Å². The smallest absolute Gasteiger partial charge is 0.321 e. The van der Waals surface area contributed by atoms with Crippen molar-refractivity contribution in [3.8, 4) is 6.07 Å². The average Bonchev–Trinajstić information content (AvgIpc) is 2.39. The van der Waals surface area contributed by atoms with Gasteiger partial charge in [-0.1, -0.05) is 0 Å². The molecule has 0 aromatic heterocycles. The molecular formula is C12H14N4O2. The monoisotopic (exact) mass is 246 g/mol. The summed E-state index contributed by atoms with van der Waals surface area (Å²) in [5.41, 5.74) is 1.25. The lowest BCUT2D eigenvalue weighted by molar-refractivity contribution is -0.120. The lowest BCUT2D eigenvalue weighted by Gasteiger charge is -2.14. The largest absolute Gasteiger partial charge is 0.374 e. The summed E-state index contributed by atoms with van der Waals surface area (Å²) in [5.74, 6) is -0.432. The molecule has 6 heteroatoms. The number of nitriles is 1. The molecule has 3 amide bonds. The molecule has 0 spiro atoms. The van der Waals surface area contributed by atoms with Crippen molar-refractivity contribution in [2.24, 2.45) is 0 Å². The number of anilines is 1. The van der Waals surface area contributed by atoms with E-state index >= 15 is 0 Å². The fraction of sp³-hybridized carbons (Fsp3) is 0.250. The second-order valence-corrected chi connectivity index (χ2v) is 3.62. The van der Waals surface area contributed by atoms with Gasteiger partial charge < -0.3 is 10.6 Å². The van der Waals surface area contributed by atoms with E-state index in [4.69, 9.17) is 5.26 Å². The molecule has 18 heavy (non-hydrogen) atoms. The second-order valence-electron chi connectivity index (χ2n) is 3.62. The van der Waals surface area contributed by atoms with E-state index in [1.807, 2.05) is 6.07 Å². The van der Waals surface area contributed by atoms with Crippen LogP contribution < -0.4 is 16.0 Å². The predicted molar refractivity (Wildman–Crippen MR) is 66.8 cm³/mol. The zero-order valence-corrected chi connectivity index (χ0v) is 10.2. The Kier molecular flexibility index (Phi) is 4.69. The number of rotatable bonds is 3. The third-order valence-electron chi connectivity index (χ3n) is 2.25. The van der Waals surface area contributed by atoms with E-state index in [2.05, 4.69) is 16.0 Å². The summed E-state index contributed by atoms with van der Waals surface area (Å²) in [4.78, 5) is 22.5. The molecule has 0 bridgehead atoms. The van der Waals surface area contributed by atoms with Crippen LogP contribution in [0.15, 0.2) is 24.3 Å². The van der Waals surface area contributed by atoms with Crippen molar-refractivity contribution in [1.29, 1.82) is 5.26 Å². The Morgan fingerprint density at radius 3 is 2.39 bits per heavy atom. The molecule has 1 rings (SSSR count). The van der Waals surface area contributed by atoms with Gasteiger partial charge in [0.05, 0.1) is 11.6 Å². The minimum absolute atomic E-state index is 0.432. The van der Waals surface area contributed by atoms with Crippen LogP contribution in [0.3, 0.4) is 0 Å². The zero-order chi connectivity index (χ0) is 13.5. The Labute approximate surface area is 105 Å². The molecule has 0 heterocycles. The number of imide groups is 1. The Morgan fingerprint density at radius 1 is 1.28 bits per heavy atom. The predicted octanol–water partition coefficient (Wildman–Crippen LogP) is 0.814. The normalized spacial score (nSPS) is 10.9. The molecular weight excluding hydrogens is 232 g/mol. The highest BCUT2D eigenvalue weighted by molar-refractivity contribution is 5.97. The Bertz CT molecular complexity index is 476. The minimum Gasteiger partial charge on any atom is -0.374 e. The van der Waals surface area contributed by atoms with Crippen LogP contribution in [-0.2, 0) is 4.79 Å². The highest BCUT2D eigenvalue weighted by Gasteiger charge is 2.14. The molecule has 1 unspecified atom stereocenters. The number of hydrogen-bond acceptors (Lipinski definition) is 4. The van der Waals surface area contributed by atoms with Crippen LogP contribution in [0.5, 0.6) is 0 Å². The summed E-state index contributed by atoms with van der Waals surface area (Å²) in [6.07, 6.45) is 0. The third kappa shape index (κ3) is 3.79. The summed E-state index contributed by atoms with van der Waals surface area (Å²) in [6, 6.07) is 7.58. The summed E-state index contributed by atoms with van der Waals surface area (Å²) >= 11 is 0. The number of carbonyl (C=O) groups is 2. The maximum absolute atomic E-state index is 11.6. The van der Waals surface area contributed by atoms with E-state index < -0.39 is 18.0 Å². The summed E-state index contributed by atoms with van der Waals surface area (Å²) in [6.45, 7) is 1.64. The molecule has 1 aromatic rings. The van der Waals surface area contributed by atoms with Gasteiger partial charge in [-0.2, -0.15) is 5.26 Å². The first-order valence-corrected chi connectivity index (χ1v) is 5.36. The first-order chi connectivity index (χ1) is 8.56. The first kappa shape index (κ1) is 13.5. The molecule has 94 valence electrons. The van der Waals surface area contributed by atoms with Gasteiger partial charge >= 0.3 is 6.03 Å². The van der Waals surface area contributed by atoms with Gasteiger partial charge in [-0.05, 0) is 31.2 Å². The van der Waals surface area contributed by atoms with Gasteiger partial charge in [0, 0.05) is 12.7 Å². The van der Waals surface area contributed by atoms with E-state index in [1.54, 1.807) is 31.2 Å².